The predicted octanol–water partition coefficient (Wildman–Crippen LogP) is 0.981. The molecule has 1 saturated heterocycles. The maximum atomic E-state index is 11.3. The van der Waals surface area contributed by atoms with Gasteiger partial charge in [-0.25, -0.2) is 4.79 Å². The lowest BCUT2D eigenvalue weighted by Crippen LogP contribution is -2.58. The summed E-state index contributed by atoms with van der Waals surface area (Å²) in [5.41, 5.74) is 0.135. The molecule has 2 aliphatic heterocycles. The minimum Gasteiger partial charge on any atom is -0.477 e. The Hall–Kier alpha value is -0.490. The average Bonchev–Trinajstić information content (AvgIpc) is 2.39. The highest BCUT2D eigenvalue weighted by molar-refractivity contribution is 9.10. The number of carbonyl (C=O) groups is 2. The second-order valence-corrected chi connectivity index (χ2v) is 5.15. The van der Waals surface area contributed by atoms with E-state index in [4.69, 9.17) is 5.11 Å². The number of alkyl halides is 1. The number of hydrogen-bond donors (Lipinski definition) is 1. The molecule has 0 aromatic carbocycles. The van der Waals surface area contributed by atoms with Crippen LogP contribution < -0.4 is 0 Å². The summed E-state index contributed by atoms with van der Waals surface area (Å²) in [7, 11) is 0. The summed E-state index contributed by atoms with van der Waals surface area (Å²) in [4.78, 5) is 23.8. The van der Waals surface area contributed by atoms with Crippen LogP contribution in [0.5, 0.6) is 0 Å². The minimum absolute atomic E-state index is 0.0569. The summed E-state index contributed by atoms with van der Waals surface area (Å²) in [6.07, 6.45) is 0. The van der Waals surface area contributed by atoms with Gasteiger partial charge in [-0.3, -0.25) is 9.69 Å². The summed E-state index contributed by atoms with van der Waals surface area (Å²) in [5.74, 6) is -1.19. The number of rotatable bonds is 1. The zero-order valence-electron chi connectivity index (χ0n) is 6.65. The van der Waals surface area contributed by atoms with Crippen LogP contribution in [0.1, 0.15) is 6.92 Å². The van der Waals surface area contributed by atoms with E-state index in [0.717, 1.165) is 0 Å². The van der Waals surface area contributed by atoms with Crippen LogP contribution in [0.3, 0.4) is 0 Å². The topological polar surface area (TPSA) is 57.6 Å². The van der Waals surface area contributed by atoms with Crippen molar-refractivity contribution in [3.63, 3.8) is 0 Å². The van der Waals surface area contributed by atoms with Crippen LogP contribution in [0.4, 0.5) is 0 Å². The molecule has 2 heterocycles. The fourth-order valence-electron chi connectivity index (χ4n) is 1.44. The highest BCUT2D eigenvalue weighted by Crippen LogP contribution is 2.48. The number of aliphatic carboxylic acids is 1. The molecule has 0 spiro atoms. The summed E-state index contributed by atoms with van der Waals surface area (Å²) in [6, 6.07) is 0. The number of β-lactam (4-membered cyclic amide) rings is 1. The predicted molar refractivity (Wildman–Crippen MR) is 51.3 cm³/mol. The number of nitrogens with zero attached hydrogens (tertiary/aromatic N) is 1. The maximum absolute atomic E-state index is 11.3. The van der Waals surface area contributed by atoms with Crippen molar-refractivity contribution in [1.29, 1.82) is 0 Å². The van der Waals surface area contributed by atoms with E-state index in [1.807, 2.05) is 0 Å². The van der Waals surface area contributed by atoms with Gasteiger partial charge in [0.05, 0.1) is 0 Å². The lowest BCUT2D eigenvalue weighted by Gasteiger charge is -2.38. The molecule has 0 unspecified atom stereocenters. The Kier molecular flexibility index (Phi) is 1.92. The molecule has 0 bridgehead atoms. The molecule has 13 heavy (non-hydrogen) atoms. The molecule has 1 N–H and O–H groups in total. The third kappa shape index (κ3) is 1.05. The van der Waals surface area contributed by atoms with Crippen molar-refractivity contribution in [3.8, 4) is 0 Å². The number of carboxylic acid groups (broad SMARTS) is 1. The Labute approximate surface area is 87.1 Å². The van der Waals surface area contributed by atoms with Gasteiger partial charge >= 0.3 is 5.97 Å². The molecule has 70 valence electrons. The zero-order chi connectivity index (χ0) is 9.75. The van der Waals surface area contributed by atoms with Crippen LogP contribution in [0.15, 0.2) is 10.6 Å². The molecule has 1 fully saturated rings. The standard InChI is InChI=1S/C7H6BrNO3S/c1-2-4(7(11)12)9-5(10)3(8)6(9)13-2/h3,6H,1H3,(H,11,12)/t3-,6+/m0/s1. The lowest BCUT2D eigenvalue weighted by molar-refractivity contribution is -0.144. The number of thioether (sulfide) groups is 1. The second-order valence-electron chi connectivity index (χ2n) is 2.83. The third-order valence-electron chi connectivity index (χ3n) is 2.05. The molecule has 0 saturated carbocycles. The molecule has 4 nitrogen and oxygen atoms in total. The quantitative estimate of drug-likeness (QED) is 0.566. The Morgan fingerprint density at radius 2 is 2.31 bits per heavy atom. The first-order valence-corrected chi connectivity index (χ1v) is 5.41. The highest BCUT2D eigenvalue weighted by Gasteiger charge is 2.54. The van der Waals surface area contributed by atoms with Gasteiger partial charge in [-0.2, -0.15) is 0 Å². The van der Waals surface area contributed by atoms with E-state index in [2.05, 4.69) is 15.9 Å². The summed E-state index contributed by atoms with van der Waals surface area (Å²) in [5, 5.41) is 8.77. The molecule has 1 amide bonds. The Morgan fingerprint density at radius 1 is 1.69 bits per heavy atom. The fourth-order valence-corrected chi connectivity index (χ4v) is 3.43. The van der Waals surface area contributed by atoms with Crippen LogP contribution in [-0.4, -0.2) is 32.1 Å². The van der Waals surface area contributed by atoms with Crippen molar-refractivity contribution < 1.29 is 14.7 Å². The number of hydrogen-bond acceptors (Lipinski definition) is 3. The Bertz CT molecular complexity index is 341. The number of carbonyl (C=O) groups excluding carboxylic acids is 1. The maximum Gasteiger partial charge on any atom is 0.353 e. The van der Waals surface area contributed by atoms with E-state index < -0.39 is 5.97 Å². The van der Waals surface area contributed by atoms with E-state index in [1.54, 1.807) is 6.92 Å². The summed E-state index contributed by atoms with van der Waals surface area (Å²) < 4.78 is 0. The summed E-state index contributed by atoms with van der Waals surface area (Å²) in [6.45, 7) is 1.72. The van der Waals surface area contributed by atoms with Crippen LogP contribution in [0.2, 0.25) is 0 Å². The van der Waals surface area contributed by atoms with E-state index >= 15 is 0 Å². The van der Waals surface area contributed by atoms with Crippen molar-refractivity contribution in [2.45, 2.75) is 17.1 Å². The first-order chi connectivity index (χ1) is 6.04. The normalized spacial score (nSPS) is 31.8. The lowest BCUT2D eigenvalue weighted by atomic mass is 10.1. The summed E-state index contributed by atoms with van der Waals surface area (Å²) >= 11 is 4.63. The zero-order valence-corrected chi connectivity index (χ0v) is 9.05. The largest absolute Gasteiger partial charge is 0.477 e. The van der Waals surface area contributed by atoms with Gasteiger partial charge in [0.25, 0.3) is 0 Å². The number of carboxylic acids is 1. The van der Waals surface area contributed by atoms with Gasteiger partial charge < -0.3 is 5.11 Å². The Morgan fingerprint density at radius 3 is 2.85 bits per heavy atom. The van der Waals surface area contributed by atoms with Gasteiger partial charge in [-0.15, -0.1) is 11.8 Å². The Balaban J connectivity index is 2.34. The van der Waals surface area contributed by atoms with E-state index in [9.17, 15) is 9.59 Å². The molecule has 0 radical (unpaired) electrons. The van der Waals surface area contributed by atoms with E-state index in [0.29, 0.717) is 4.91 Å². The molecule has 2 rings (SSSR count). The van der Waals surface area contributed by atoms with Gasteiger partial charge in [-0.1, -0.05) is 15.9 Å². The number of amides is 1. The number of allylic oxidation sites excluding steroid dienone is 1. The van der Waals surface area contributed by atoms with Crippen LogP contribution in [-0.2, 0) is 9.59 Å². The van der Waals surface area contributed by atoms with Gasteiger partial charge in [0.1, 0.15) is 15.9 Å². The molecule has 0 aliphatic carbocycles. The van der Waals surface area contributed by atoms with Crippen LogP contribution in [0, 0.1) is 0 Å². The number of halogens is 1. The molecule has 2 aliphatic rings. The molecular formula is C7H6BrNO3S. The van der Waals surface area contributed by atoms with Crippen LogP contribution in [0.25, 0.3) is 0 Å². The molecule has 6 heteroatoms. The van der Waals surface area contributed by atoms with Crippen molar-refractivity contribution in [1.82, 2.24) is 4.90 Å². The van der Waals surface area contributed by atoms with E-state index in [1.165, 1.54) is 16.7 Å². The fraction of sp³-hybridized carbons (Fsp3) is 0.429. The second kappa shape index (κ2) is 2.75. The van der Waals surface area contributed by atoms with E-state index in [-0.39, 0.29) is 21.8 Å². The van der Waals surface area contributed by atoms with Crippen molar-refractivity contribution in [3.05, 3.63) is 10.6 Å². The minimum atomic E-state index is -1.03. The third-order valence-corrected chi connectivity index (χ3v) is 4.57. The molecule has 0 aromatic rings. The van der Waals surface area contributed by atoms with Gasteiger partial charge in [-0.05, 0) is 6.92 Å². The monoisotopic (exact) mass is 263 g/mol. The highest BCUT2D eigenvalue weighted by atomic mass is 79.9. The molecular weight excluding hydrogens is 258 g/mol. The van der Waals surface area contributed by atoms with Crippen LogP contribution >= 0.6 is 27.7 Å². The number of fused-ring (bicyclic) bond motifs is 1. The van der Waals surface area contributed by atoms with Gasteiger partial charge in [0.15, 0.2) is 0 Å². The van der Waals surface area contributed by atoms with Crippen molar-refractivity contribution in [2.24, 2.45) is 0 Å². The van der Waals surface area contributed by atoms with Crippen molar-refractivity contribution in [2.75, 3.05) is 0 Å². The first-order valence-electron chi connectivity index (χ1n) is 3.62. The first kappa shape index (κ1) is 9.08. The smallest absolute Gasteiger partial charge is 0.353 e. The van der Waals surface area contributed by atoms with Crippen molar-refractivity contribution >= 4 is 39.6 Å². The average molecular weight is 264 g/mol. The molecule has 2 atom stereocenters. The van der Waals surface area contributed by atoms with Gasteiger partial charge in [0, 0.05) is 4.91 Å². The van der Waals surface area contributed by atoms with Gasteiger partial charge in [0.2, 0.25) is 5.91 Å². The SMILES string of the molecule is CC1=C(C(=O)O)N2C(=O)[C@H](Br)[C@H]2S1. The molecule has 0 aromatic heterocycles.